The number of imidazole rings is 1. The first-order valence-corrected chi connectivity index (χ1v) is 10.4. The normalized spacial score (nSPS) is 13.2. The quantitative estimate of drug-likeness (QED) is 0.506. The Labute approximate surface area is 184 Å². The molecule has 3 rings (SSSR count). The van der Waals surface area contributed by atoms with Gasteiger partial charge in [-0.1, -0.05) is 13.3 Å². The number of halogens is 3. The Morgan fingerprint density at radius 3 is 2.62 bits per heavy atom. The van der Waals surface area contributed by atoms with E-state index in [2.05, 4.69) is 10.3 Å². The van der Waals surface area contributed by atoms with Crippen molar-refractivity contribution in [1.29, 1.82) is 0 Å². The van der Waals surface area contributed by atoms with Crippen LogP contribution in [0.1, 0.15) is 54.0 Å². The van der Waals surface area contributed by atoms with E-state index in [9.17, 15) is 18.0 Å². The number of aromatic nitrogens is 2. The van der Waals surface area contributed by atoms with Crippen LogP contribution in [0.2, 0.25) is 0 Å². The van der Waals surface area contributed by atoms with E-state index in [4.69, 9.17) is 10.5 Å². The van der Waals surface area contributed by atoms with E-state index in [0.717, 1.165) is 24.5 Å². The van der Waals surface area contributed by atoms with Crippen LogP contribution in [0.15, 0.2) is 24.4 Å². The van der Waals surface area contributed by atoms with Gasteiger partial charge in [-0.2, -0.15) is 0 Å². The summed E-state index contributed by atoms with van der Waals surface area (Å²) in [5.74, 6) is -3.51. The SMILES string of the molecule is CCCC(C)(N)CNC(=O)c1c(C)nc2c(OCc3c(F)ccc(F)c3F)cc(C)cn12. The predicted octanol–water partition coefficient (Wildman–Crippen LogP) is 4.19. The number of hydrogen-bond donors (Lipinski definition) is 2. The number of hydrogen-bond acceptors (Lipinski definition) is 4. The molecule has 0 spiro atoms. The number of nitrogens with zero attached hydrogens (tertiary/aromatic N) is 2. The average Bonchev–Trinajstić information content (AvgIpc) is 3.05. The highest BCUT2D eigenvalue weighted by Crippen LogP contribution is 2.26. The molecule has 0 fully saturated rings. The molecule has 9 heteroatoms. The van der Waals surface area contributed by atoms with Crippen molar-refractivity contribution in [2.24, 2.45) is 5.73 Å². The Morgan fingerprint density at radius 1 is 1.25 bits per heavy atom. The lowest BCUT2D eigenvalue weighted by atomic mass is 9.98. The molecule has 172 valence electrons. The van der Waals surface area contributed by atoms with Crippen molar-refractivity contribution < 1.29 is 22.7 Å². The Balaban J connectivity index is 1.91. The zero-order valence-corrected chi connectivity index (χ0v) is 18.6. The molecule has 0 saturated heterocycles. The van der Waals surface area contributed by atoms with E-state index in [1.54, 1.807) is 30.5 Å². The largest absolute Gasteiger partial charge is 0.485 e. The maximum absolute atomic E-state index is 14.0. The number of pyridine rings is 1. The number of ether oxygens (including phenoxy) is 1. The summed E-state index contributed by atoms with van der Waals surface area (Å²) in [6.07, 6.45) is 3.36. The molecule has 32 heavy (non-hydrogen) atoms. The molecule has 1 unspecified atom stereocenters. The van der Waals surface area contributed by atoms with Crippen molar-refractivity contribution in [3.63, 3.8) is 0 Å². The minimum absolute atomic E-state index is 0.213. The van der Waals surface area contributed by atoms with Gasteiger partial charge < -0.3 is 15.8 Å². The van der Waals surface area contributed by atoms with Crippen LogP contribution >= 0.6 is 0 Å². The maximum atomic E-state index is 14.0. The molecule has 1 aromatic carbocycles. The van der Waals surface area contributed by atoms with Crippen molar-refractivity contribution >= 4 is 11.6 Å². The summed E-state index contributed by atoms with van der Waals surface area (Å²) in [6.45, 7) is 7.11. The lowest BCUT2D eigenvalue weighted by Crippen LogP contribution is -2.47. The van der Waals surface area contributed by atoms with E-state index in [1.165, 1.54) is 0 Å². The van der Waals surface area contributed by atoms with Crippen LogP contribution in [0.25, 0.3) is 5.65 Å². The minimum atomic E-state index is -1.30. The minimum Gasteiger partial charge on any atom is -0.485 e. The van der Waals surface area contributed by atoms with Crippen LogP contribution in [-0.4, -0.2) is 27.4 Å². The molecular weight excluding hydrogens is 421 g/mol. The van der Waals surface area contributed by atoms with Crippen LogP contribution in [0.5, 0.6) is 5.75 Å². The van der Waals surface area contributed by atoms with E-state index in [0.29, 0.717) is 29.6 Å². The van der Waals surface area contributed by atoms with Crippen LogP contribution < -0.4 is 15.8 Å². The van der Waals surface area contributed by atoms with Crippen molar-refractivity contribution in [2.75, 3.05) is 6.54 Å². The van der Waals surface area contributed by atoms with Gasteiger partial charge in [0.05, 0.1) is 11.3 Å². The van der Waals surface area contributed by atoms with E-state index in [-0.39, 0.29) is 11.7 Å². The molecule has 1 amide bonds. The molecule has 0 saturated carbocycles. The monoisotopic (exact) mass is 448 g/mol. The van der Waals surface area contributed by atoms with Gasteiger partial charge in [0.25, 0.3) is 5.91 Å². The zero-order valence-electron chi connectivity index (χ0n) is 18.6. The highest BCUT2D eigenvalue weighted by Gasteiger charge is 2.23. The predicted molar refractivity (Wildman–Crippen MR) is 115 cm³/mol. The third-order valence-electron chi connectivity index (χ3n) is 5.20. The second-order valence-electron chi connectivity index (χ2n) is 8.32. The number of rotatable bonds is 8. The average molecular weight is 448 g/mol. The Kier molecular flexibility index (Phi) is 6.78. The van der Waals surface area contributed by atoms with Crippen LogP contribution in [0, 0.1) is 31.3 Å². The van der Waals surface area contributed by atoms with Gasteiger partial charge >= 0.3 is 0 Å². The molecule has 0 aliphatic carbocycles. The number of benzene rings is 1. The smallest absolute Gasteiger partial charge is 0.270 e. The number of fused-ring (bicyclic) bond motifs is 1. The van der Waals surface area contributed by atoms with Gasteiger partial charge in [0.15, 0.2) is 23.0 Å². The lowest BCUT2D eigenvalue weighted by Gasteiger charge is -2.24. The Hall–Kier alpha value is -3.07. The van der Waals surface area contributed by atoms with E-state index < -0.39 is 35.2 Å². The number of amides is 1. The van der Waals surface area contributed by atoms with Gasteiger partial charge in [0.1, 0.15) is 18.1 Å². The van der Waals surface area contributed by atoms with Crippen LogP contribution in [0.4, 0.5) is 13.2 Å². The molecule has 2 heterocycles. The fraction of sp³-hybridized carbons (Fsp3) is 0.391. The Bertz CT molecular complexity index is 1160. The topological polar surface area (TPSA) is 81.6 Å². The van der Waals surface area contributed by atoms with Gasteiger partial charge in [-0.25, -0.2) is 18.2 Å². The first kappa shape index (κ1) is 23.6. The summed E-state index contributed by atoms with van der Waals surface area (Å²) < 4.78 is 48.6. The molecule has 0 aliphatic heterocycles. The highest BCUT2D eigenvalue weighted by molar-refractivity contribution is 5.95. The van der Waals surface area contributed by atoms with Gasteiger partial charge in [0, 0.05) is 18.3 Å². The molecule has 0 bridgehead atoms. The molecule has 1 atom stereocenters. The zero-order chi connectivity index (χ0) is 23.6. The van der Waals surface area contributed by atoms with E-state index in [1.807, 2.05) is 13.8 Å². The first-order valence-electron chi connectivity index (χ1n) is 10.4. The fourth-order valence-electron chi connectivity index (χ4n) is 3.61. The van der Waals surface area contributed by atoms with Crippen LogP contribution in [-0.2, 0) is 6.61 Å². The summed E-state index contributed by atoms with van der Waals surface area (Å²) in [7, 11) is 0. The Morgan fingerprint density at radius 2 is 1.94 bits per heavy atom. The lowest BCUT2D eigenvalue weighted by molar-refractivity contribution is 0.0937. The van der Waals surface area contributed by atoms with Crippen molar-refractivity contribution in [2.45, 2.75) is 52.7 Å². The summed E-state index contributed by atoms with van der Waals surface area (Å²) >= 11 is 0. The van der Waals surface area contributed by atoms with Gasteiger partial charge in [-0.3, -0.25) is 9.20 Å². The first-order chi connectivity index (χ1) is 15.0. The third-order valence-corrected chi connectivity index (χ3v) is 5.20. The molecule has 0 radical (unpaired) electrons. The van der Waals surface area contributed by atoms with E-state index >= 15 is 0 Å². The fourth-order valence-corrected chi connectivity index (χ4v) is 3.61. The second-order valence-corrected chi connectivity index (χ2v) is 8.32. The van der Waals surface area contributed by atoms with Crippen molar-refractivity contribution in [3.05, 3.63) is 64.4 Å². The molecule has 0 aliphatic rings. The van der Waals surface area contributed by atoms with Gasteiger partial charge in [-0.05, 0) is 51.0 Å². The molecule has 3 N–H and O–H groups in total. The second kappa shape index (κ2) is 9.20. The number of carbonyl (C=O) groups excluding carboxylic acids is 1. The summed E-state index contributed by atoms with van der Waals surface area (Å²) in [5, 5.41) is 2.85. The third kappa shape index (κ3) is 4.88. The van der Waals surface area contributed by atoms with Crippen molar-refractivity contribution in [3.8, 4) is 5.75 Å². The van der Waals surface area contributed by atoms with Gasteiger partial charge in [-0.15, -0.1) is 0 Å². The molecular formula is C23H27F3N4O2. The number of aryl methyl sites for hydroxylation is 2. The summed E-state index contributed by atoms with van der Waals surface area (Å²) in [6, 6.07) is 3.19. The summed E-state index contributed by atoms with van der Waals surface area (Å²) in [4.78, 5) is 17.3. The van der Waals surface area contributed by atoms with Crippen LogP contribution in [0.3, 0.4) is 0 Å². The highest BCUT2D eigenvalue weighted by atomic mass is 19.2. The number of carbonyl (C=O) groups is 1. The number of nitrogens with two attached hydrogens (primary N) is 1. The van der Waals surface area contributed by atoms with Gasteiger partial charge in [0.2, 0.25) is 0 Å². The number of nitrogens with one attached hydrogen (secondary N) is 1. The molecule has 3 aromatic rings. The maximum Gasteiger partial charge on any atom is 0.270 e. The molecule has 6 nitrogen and oxygen atoms in total. The summed E-state index contributed by atoms with van der Waals surface area (Å²) in [5.41, 5.74) is 6.95. The van der Waals surface area contributed by atoms with Crippen molar-refractivity contribution in [1.82, 2.24) is 14.7 Å². The molecule has 2 aromatic heterocycles. The standard InChI is InChI=1S/C23H27F3N4O2/c1-5-8-23(4,27)12-28-22(31)20-14(3)29-21-18(9-13(2)10-30(20)21)32-11-15-16(24)6-7-17(25)19(15)26/h6-7,9-10H,5,8,11-12,27H2,1-4H3,(H,28,31).